The molecule has 3 aromatic rings. The Labute approximate surface area is 148 Å². The molecule has 0 atom stereocenters. The third kappa shape index (κ3) is 3.90. The molecule has 1 aromatic carbocycles. The van der Waals surface area contributed by atoms with E-state index in [4.69, 9.17) is 4.42 Å². The van der Waals surface area contributed by atoms with Gasteiger partial charge in [-0.1, -0.05) is 23.9 Å². The number of hydrogen-bond donors (Lipinski definition) is 0. The van der Waals surface area contributed by atoms with Crippen molar-refractivity contribution in [2.45, 2.75) is 11.7 Å². The van der Waals surface area contributed by atoms with Crippen molar-refractivity contribution in [1.29, 1.82) is 0 Å². The highest BCUT2D eigenvalue weighted by Crippen LogP contribution is 2.24. The molecule has 0 saturated heterocycles. The highest BCUT2D eigenvalue weighted by Gasteiger charge is 2.17. The Kier molecular flexibility index (Phi) is 5.18. The second kappa shape index (κ2) is 7.52. The van der Waals surface area contributed by atoms with Gasteiger partial charge in [0.15, 0.2) is 11.0 Å². The first-order valence-corrected chi connectivity index (χ1v) is 8.58. The van der Waals surface area contributed by atoms with E-state index in [0.717, 1.165) is 5.76 Å². The van der Waals surface area contributed by atoms with Crippen molar-refractivity contribution in [1.82, 2.24) is 19.7 Å². The summed E-state index contributed by atoms with van der Waals surface area (Å²) in [6.07, 6.45) is 1.58. The fraction of sp³-hybridized carbons (Fsp3) is 0.235. The lowest BCUT2D eigenvalue weighted by atomic mass is 10.2. The number of aromatic nitrogens is 3. The Morgan fingerprint density at radius 2 is 2.08 bits per heavy atom. The summed E-state index contributed by atoms with van der Waals surface area (Å²) < 4.78 is 20.8. The molecule has 130 valence electrons. The van der Waals surface area contributed by atoms with Gasteiger partial charge in [-0.05, 0) is 24.3 Å². The third-order valence-electron chi connectivity index (χ3n) is 3.67. The average Bonchev–Trinajstić information content (AvgIpc) is 3.23. The van der Waals surface area contributed by atoms with Gasteiger partial charge in [-0.25, -0.2) is 4.39 Å². The lowest BCUT2D eigenvalue weighted by molar-refractivity contribution is -0.127. The van der Waals surface area contributed by atoms with E-state index in [1.165, 1.54) is 17.8 Å². The van der Waals surface area contributed by atoms with E-state index < -0.39 is 0 Å². The molecule has 0 unspecified atom stereocenters. The molecule has 25 heavy (non-hydrogen) atoms. The summed E-state index contributed by atoms with van der Waals surface area (Å²) in [5.74, 6) is 0.944. The van der Waals surface area contributed by atoms with Gasteiger partial charge in [0, 0.05) is 14.1 Å². The van der Waals surface area contributed by atoms with Crippen LogP contribution in [0.2, 0.25) is 0 Å². The number of furan rings is 1. The zero-order valence-corrected chi connectivity index (χ0v) is 14.7. The zero-order valence-electron chi connectivity index (χ0n) is 13.8. The smallest absolute Gasteiger partial charge is 0.233 e. The molecule has 0 aliphatic carbocycles. The molecule has 2 heterocycles. The van der Waals surface area contributed by atoms with Crippen LogP contribution in [0.15, 0.2) is 52.2 Å². The van der Waals surface area contributed by atoms with Crippen molar-refractivity contribution in [3.63, 3.8) is 0 Å². The van der Waals surface area contributed by atoms with Crippen molar-refractivity contribution in [3.8, 4) is 11.4 Å². The van der Waals surface area contributed by atoms with E-state index in [1.807, 2.05) is 6.07 Å². The van der Waals surface area contributed by atoms with Crippen LogP contribution in [0.4, 0.5) is 4.39 Å². The number of carbonyl (C=O) groups excluding carboxylic acids is 1. The summed E-state index contributed by atoms with van der Waals surface area (Å²) in [7, 11) is 3.47. The first kappa shape index (κ1) is 17.2. The van der Waals surface area contributed by atoms with Crippen LogP contribution in [0.5, 0.6) is 0 Å². The predicted molar refractivity (Wildman–Crippen MR) is 92.3 cm³/mol. The van der Waals surface area contributed by atoms with Crippen molar-refractivity contribution in [2.24, 2.45) is 7.05 Å². The summed E-state index contributed by atoms with van der Waals surface area (Å²) >= 11 is 1.26. The van der Waals surface area contributed by atoms with Gasteiger partial charge in [-0.15, -0.1) is 10.2 Å². The summed E-state index contributed by atoms with van der Waals surface area (Å²) in [4.78, 5) is 13.8. The SMILES string of the molecule is CN(Cc1ccco1)C(=O)CSc1nnc(-c2ccccc2F)n1C. The second-order valence-corrected chi connectivity index (χ2v) is 6.41. The average molecular weight is 360 g/mol. The van der Waals surface area contributed by atoms with Crippen LogP contribution in [-0.2, 0) is 18.4 Å². The van der Waals surface area contributed by atoms with Gasteiger partial charge < -0.3 is 13.9 Å². The quantitative estimate of drug-likeness (QED) is 0.633. The standard InChI is InChI=1S/C17H17FN4O2S/c1-21(10-12-6-5-9-24-12)15(23)11-25-17-20-19-16(22(17)2)13-7-3-4-8-14(13)18/h3-9H,10-11H2,1-2H3. The number of nitrogens with zero attached hydrogens (tertiary/aromatic N) is 4. The molecule has 8 heteroatoms. The molecule has 0 fully saturated rings. The molecule has 2 aromatic heterocycles. The van der Waals surface area contributed by atoms with Crippen LogP contribution in [0, 0.1) is 5.82 Å². The van der Waals surface area contributed by atoms with Crippen molar-refractivity contribution in [2.75, 3.05) is 12.8 Å². The van der Waals surface area contributed by atoms with Crippen LogP contribution >= 0.6 is 11.8 Å². The molecule has 6 nitrogen and oxygen atoms in total. The van der Waals surface area contributed by atoms with Gasteiger partial charge in [0.25, 0.3) is 0 Å². The summed E-state index contributed by atoms with van der Waals surface area (Å²) in [5, 5.41) is 8.66. The van der Waals surface area contributed by atoms with Crippen LogP contribution in [0.3, 0.4) is 0 Å². The molecule has 0 radical (unpaired) electrons. The Bertz CT molecular complexity index is 863. The van der Waals surface area contributed by atoms with Gasteiger partial charge in [0.2, 0.25) is 5.91 Å². The predicted octanol–water partition coefficient (Wildman–Crippen LogP) is 2.96. The fourth-order valence-electron chi connectivity index (χ4n) is 2.28. The van der Waals surface area contributed by atoms with Crippen LogP contribution in [-0.4, -0.2) is 38.4 Å². The van der Waals surface area contributed by atoms with Gasteiger partial charge in [-0.2, -0.15) is 0 Å². The number of halogens is 1. The summed E-state index contributed by atoms with van der Waals surface area (Å²) in [6, 6.07) is 10.00. The number of hydrogen-bond acceptors (Lipinski definition) is 5. The van der Waals surface area contributed by atoms with Gasteiger partial charge in [0.1, 0.15) is 11.6 Å². The summed E-state index contributed by atoms with van der Waals surface area (Å²) in [5.41, 5.74) is 0.380. The van der Waals surface area contributed by atoms with E-state index in [0.29, 0.717) is 23.1 Å². The Hall–Kier alpha value is -2.61. The number of amides is 1. The molecule has 0 saturated carbocycles. The van der Waals surface area contributed by atoms with E-state index in [9.17, 15) is 9.18 Å². The minimum absolute atomic E-state index is 0.0585. The lowest BCUT2D eigenvalue weighted by Crippen LogP contribution is -2.27. The Morgan fingerprint density at radius 3 is 2.80 bits per heavy atom. The van der Waals surface area contributed by atoms with Gasteiger partial charge >= 0.3 is 0 Å². The monoisotopic (exact) mass is 360 g/mol. The number of benzene rings is 1. The number of thioether (sulfide) groups is 1. The zero-order chi connectivity index (χ0) is 17.8. The van der Waals surface area contributed by atoms with Crippen molar-refractivity contribution in [3.05, 3.63) is 54.2 Å². The molecule has 1 amide bonds. The molecule has 0 aliphatic heterocycles. The second-order valence-electron chi connectivity index (χ2n) is 5.46. The number of carbonyl (C=O) groups is 1. The van der Waals surface area contributed by atoms with E-state index in [2.05, 4.69) is 10.2 Å². The third-order valence-corrected chi connectivity index (χ3v) is 4.68. The van der Waals surface area contributed by atoms with E-state index in [-0.39, 0.29) is 17.5 Å². The van der Waals surface area contributed by atoms with E-state index in [1.54, 1.807) is 54.1 Å². The molecule has 0 spiro atoms. The van der Waals surface area contributed by atoms with Crippen LogP contribution < -0.4 is 0 Å². The first-order chi connectivity index (χ1) is 12.1. The molecular formula is C17H17FN4O2S. The van der Waals surface area contributed by atoms with Crippen LogP contribution in [0.1, 0.15) is 5.76 Å². The molecule has 3 rings (SSSR count). The maximum absolute atomic E-state index is 13.9. The summed E-state index contributed by atoms with van der Waals surface area (Å²) in [6.45, 7) is 0.408. The minimum atomic E-state index is -0.358. The Morgan fingerprint density at radius 1 is 1.28 bits per heavy atom. The fourth-order valence-corrected chi connectivity index (χ4v) is 3.13. The normalized spacial score (nSPS) is 10.8. The molecule has 0 N–H and O–H groups in total. The lowest BCUT2D eigenvalue weighted by Gasteiger charge is -2.15. The Balaban J connectivity index is 1.64. The highest BCUT2D eigenvalue weighted by molar-refractivity contribution is 7.99. The minimum Gasteiger partial charge on any atom is -0.467 e. The van der Waals surface area contributed by atoms with E-state index >= 15 is 0 Å². The first-order valence-electron chi connectivity index (χ1n) is 7.59. The highest BCUT2D eigenvalue weighted by atomic mass is 32.2. The molecule has 0 aliphatic rings. The largest absolute Gasteiger partial charge is 0.467 e. The topological polar surface area (TPSA) is 64.2 Å². The van der Waals surface area contributed by atoms with Crippen molar-refractivity contribution < 1.29 is 13.6 Å². The van der Waals surface area contributed by atoms with Gasteiger partial charge in [-0.3, -0.25) is 4.79 Å². The van der Waals surface area contributed by atoms with Gasteiger partial charge in [0.05, 0.1) is 24.1 Å². The number of rotatable bonds is 6. The maximum atomic E-state index is 13.9. The van der Waals surface area contributed by atoms with Crippen molar-refractivity contribution >= 4 is 17.7 Å². The van der Waals surface area contributed by atoms with Crippen LogP contribution in [0.25, 0.3) is 11.4 Å². The molecule has 0 bridgehead atoms. The maximum Gasteiger partial charge on any atom is 0.233 e. The molecular weight excluding hydrogens is 343 g/mol.